The van der Waals surface area contributed by atoms with E-state index in [4.69, 9.17) is 4.74 Å². The van der Waals surface area contributed by atoms with Crippen LogP contribution in [0.2, 0.25) is 0 Å². The molecule has 8 nitrogen and oxygen atoms in total. The van der Waals surface area contributed by atoms with Crippen molar-refractivity contribution in [1.82, 2.24) is 14.7 Å². The minimum Gasteiger partial charge on any atom is -0.444 e. The van der Waals surface area contributed by atoms with Gasteiger partial charge in [0.15, 0.2) is 0 Å². The average Bonchev–Trinajstić information content (AvgIpc) is 2.72. The van der Waals surface area contributed by atoms with Crippen LogP contribution in [0.3, 0.4) is 0 Å². The molecular weight excluding hydrogens is 427 g/mol. The van der Waals surface area contributed by atoms with Gasteiger partial charge < -0.3 is 9.64 Å². The predicted molar refractivity (Wildman–Crippen MR) is 95.9 cm³/mol. The van der Waals surface area contributed by atoms with Crippen molar-refractivity contribution in [3.05, 3.63) is 32.0 Å². The van der Waals surface area contributed by atoms with Crippen molar-refractivity contribution >= 4 is 45.3 Å². The molecule has 1 fully saturated rings. The Morgan fingerprint density at radius 1 is 1.42 bits per heavy atom. The molecule has 2 aromatic rings. The third-order valence-electron chi connectivity index (χ3n) is 3.72. The topological polar surface area (TPSA) is 90.5 Å². The Morgan fingerprint density at radius 3 is 2.67 bits per heavy atom. The Morgan fingerprint density at radius 2 is 2.08 bits per heavy atom. The van der Waals surface area contributed by atoms with Gasteiger partial charge in [-0.15, -0.1) is 0 Å². The molecule has 128 valence electrons. The second kappa shape index (κ2) is 5.87. The van der Waals surface area contributed by atoms with Crippen molar-refractivity contribution < 1.29 is 14.5 Å². The number of para-hydroxylation sites is 1. The van der Waals surface area contributed by atoms with Crippen LogP contribution < -0.4 is 0 Å². The second-order valence-corrected chi connectivity index (χ2v) is 7.73. The Balaban J connectivity index is 1.85. The van der Waals surface area contributed by atoms with Gasteiger partial charge in [-0.05, 0) is 49.4 Å². The zero-order valence-corrected chi connectivity index (χ0v) is 15.7. The number of ether oxygens (including phenoxy) is 1. The minimum absolute atomic E-state index is 0.0265. The lowest BCUT2D eigenvalue weighted by molar-refractivity contribution is -0.383. The largest absolute Gasteiger partial charge is 0.444 e. The third-order valence-corrected chi connectivity index (χ3v) is 4.51. The van der Waals surface area contributed by atoms with Gasteiger partial charge in [0.1, 0.15) is 14.8 Å². The Labute approximate surface area is 152 Å². The van der Waals surface area contributed by atoms with Crippen LogP contribution in [-0.2, 0) is 4.74 Å². The molecule has 0 spiro atoms. The van der Waals surface area contributed by atoms with Crippen LogP contribution in [0, 0.1) is 13.8 Å². The Hall–Kier alpha value is -1.91. The number of nitro benzene ring substituents is 1. The monoisotopic (exact) mass is 444 g/mol. The number of carbonyl (C=O) groups is 1. The lowest BCUT2D eigenvalue weighted by Gasteiger charge is -2.39. The molecule has 1 aliphatic heterocycles. The molecule has 1 aliphatic rings. The molecule has 0 unspecified atom stereocenters. The van der Waals surface area contributed by atoms with E-state index in [1.165, 1.54) is 6.07 Å². The minimum atomic E-state index is -0.547. The first-order valence-corrected chi connectivity index (χ1v) is 8.54. The summed E-state index contributed by atoms with van der Waals surface area (Å²) in [6.07, 6.45) is -0.376. The number of likely N-dealkylation sites (tertiary alicyclic amines) is 1. The fourth-order valence-electron chi connectivity index (χ4n) is 2.63. The summed E-state index contributed by atoms with van der Waals surface area (Å²) in [7, 11) is 0. The molecular formula is C15H17IN4O4. The number of amides is 1. The van der Waals surface area contributed by atoms with Gasteiger partial charge in [-0.1, -0.05) is 6.07 Å². The molecule has 9 heteroatoms. The molecule has 0 radical (unpaired) electrons. The maximum atomic E-state index is 12.0. The van der Waals surface area contributed by atoms with E-state index in [-0.39, 0.29) is 17.8 Å². The lowest BCUT2D eigenvalue weighted by atomic mass is 10.1. The van der Waals surface area contributed by atoms with Gasteiger partial charge in [0.25, 0.3) is 5.69 Å². The molecule has 3 rings (SSSR count). The van der Waals surface area contributed by atoms with Gasteiger partial charge in [-0.25, -0.2) is 4.79 Å². The van der Waals surface area contributed by atoms with Crippen LogP contribution in [0.5, 0.6) is 0 Å². The maximum Gasteiger partial charge on any atom is 0.410 e. The van der Waals surface area contributed by atoms with Crippen molar-refractivity contribution in [3.8, 4) is 0 Å². The quantitative estimate of drug-likeness (QED) is 0.403. The van der Waals surface area contributed by atoms with E-state index in [0.717, 1.165) is 5.39 Å². The summed E-state index contributed by atoms with van der Waals surface area (Å²) >= 11 is 2.07. The van der Waals surface area contributed by atoms with Crippen LogP contribution >= 0.6 is 22.6 Å². The molecule has 1 aromatic carbocycles. The van der Waals surface area contributed by atoms with E-state index in [0.29, 0.717) is 22.3 Å². The Kier molecular flexibility index (Phi) is 4.14. The molecule has 1 amide bonds. The predicted octanol–water partition coefficient (Wildman–Crippen LogP) is 3.34. The summed E-state index contributed by atoms with van der Waals surface area (Å²) in [4.78, 5) is 24.5. The van der Waals surface area contributed by atoms with E-state index in [1.54, 1.807) is 15.6 Å². The SMILES string of the molecule is CC(C)(C)OC(=O)N1CC(n2nc(I)c3cccc([N+](=O)[O-])c32)C1. The molecule has 1 aromatic heterocycles. The van der Waals surface area contributed by atoms with Gasteiger partial charge >= 0.3 is 6.09 Å². The molecule has 0 saturated carbocycles. The van der Waals surface area contributed by atoms with Crippen LogP contribution in [0.4, 0.5) is 10.5 Å². The summed E-state index contributed by atoms with van der Waals surface area (Å²) in [5.74, 6) is 0. The van der Waals surface area contributed by atoms with E-state index >= 15 is 0 Å². The molecule has 24 heavy (non-hydrogen) atoms. The van der Waals surface area contributed by atoms with Crippen LogP contribution in [0.1, 0.15) is 26.8 Å². The number of rotatable bonds is 2. The summed E-state index contributed by atoms with van der Waals surface area (Å²) in [5.41, 5.74) is -0.0197. The van der Waals surface area contributed by atoms with Crippen molar-refractivity contribution in [1.29, 1.82) is 0 Å². The lowest BCUT2D eigenvalue weighted by Crippen LogP contribution is -2.52. The standard InChI is InChI=1S/C15H17IN4O4/c1-15(2,3)24-14(21)18-7-9(8-18)19-12-10(13(16)17-19)5-4-6-11(12)20(22)23/h4-6,9H,7-8H2,1-3H3. The van der Waals surface area contributed by atoms with Crippen molar-refractivity contribution in [2.45, 2.75) is 32.4 Å². The number of carbonyl (C=O) groups excluding carboxylic acids is 1. The van der Waals surface area contributed by atoms with Gasteiger partial charge in [-0.2, -0.15) is 5.10 Å². The number of nitrogens with zero attached hydrogens (tertiary/aromatic N) is 4. The van der Waals surface area contributed by atoms with Crippen LogP contribution in [0.25, 0.3) is 10.9 Å². The zero-order chi connectivity index (χ0) is 17.6. The molecule has 0 atom stereocenters. The summed E-state index contributed by atoms with van der Waals surface area (Å²) < 4.78 is 7.70. The number of benzene rings is 1. The van der Waals surface area contributed by atoms with Crippen molar-refractivity contribution in [2.24, 2.45) is 0 Å². The van der Waals surface area contributed by atoms with Gasteiger partial charge in [0.05, 0.1) is 11.0 Å². The summed E-state index contributed by atoms with van der Waals surface area (Å²) in [6, 6.07) is 4.85. The van der Waals surface area contributed by atoms with Gasteiger partial charge in [-0.3, -0.25) is 14.8 Å². The first kappa shape index (κ1) is 16.9. The molecule has 1 saturated heterocycles. The van der Waals surface area contributed by atoms with E-state index in [2.05, 4.69) is 27.7 Å². The zero-order valence-electron chi connectivity index (χ0n) is 13.5. The highest BCUT2D eigenvalue weighted by Crippen LogP contribution is 2.33. The fraction of sp³-hybridized carbons (Fsp3) is 0.467. The van der Waals surface area contributed by atoms with E-state index < -0.39 is 10.5 Å². The van der Waals surface area contributed by atoms with Crippen LogP contribution in [0.15, 0.2) is 18.2 Å². The number of nitro groups is 1. The number of hydrogen-bond donors (Lipinski definition) is 0. The number of halogens is 1. The first-order chi connectivity index (χ1) is 11.2. The maximum absolute atomic E-state index is 12.0. The molecule has 0 N–H and O–H groups in total. The molecule has 0 bridgehead atoms. The van der Waals surface area contributed by atoms with E-state index in [1.807, 2.05) is 26.8 Å². The Bertz CT molecular complexity index is 821. The number of non-ortho nitro benzene ring substituents is 1. The molecule has 0 aliphatic carbocycles. The van der Waals surface area contributed by atoms with Crippen LogP contribution in [-0.4, -0.2) is 44.4 Å². The highest BCUT2D eigenvalue weighted by Gasteiger charge is 2.37. The van der Waals surface area contributed by atoms with E-state index in [9.17, 15) is 14.9 Å². The normalized spacial score (nSPS) is 15.4. The number of fused-ring (bicyclic) bond motifs is 1. The second-order valence-electron chi connectivity index (χ2n) is 6.70. The molecule has 2 heterocycles. The highest BCUT2D eigenvalue weighted by atomic mass is 127. The smallest absolute Gasteiger partial charge is 0.410 e. The van der Waals surface area contributed by atoms with Gasteiger partial charge in [0.2, 0.25) is 0 Å². The third kappa shape index (κ3) is 3.04. The van der Waals surface area contributed by atoms with Gasteiger partial charge in [0, 0.05) is 24.5 Å². The number of hydrogen-bond acceptors (Lipinski definition) is 5. The fourth-order valence-corrected chi connectivity index (χ4v) is 3.30. The first-order valence-electron chi connectivity index (χ1n) is 7.46. The summed E-state index contributed by atoms with van der Waals surface area (Å²) in [6.45, 7) is 6.29. The number of aromatic nitrogens is 2. The summed E-state index contributed by atoms with van der Waals surface area (Å²) in [5, 5.41) is 16.5. The highest BCUT2D eigenvalue weighted by molar-refractivity contribution is 14.1. The van der Waals surface area contributed by atoms with Crippen molar-refractivity contribution in [2.75, 3.05) is 13.1 Å². The van der Waals surface area contributed by atoms with Crippen molar-refractivity contribution in [3.63, 3.8) is 0 Å². The average molecular weight is 444 g/mol.